The number of carboxylic acids is 1. The number of hydrogen-bond acceptors (Lipinski definition) is 7. The zero-order valence-corrected chi connectivity index (χ0v) is 16.5. The van der Waals surface area contributed by atoms with E-state index in [9.17, 15) is 13.2 Å². The van der Waals surface area contributed by atoms with Crippen molar-refractivity contribution < 1.29 is 23.1 Å². The summed E-state index contributed by atoms with van der Waals surface area (Å²) in [6, 6.07) is 10.3. The Morgan fingerprint density at radius 2 is 2.04 bits per heavy atom. The molecule has 0 saturated heterocycles. The molecule has 0 spiro atoms. The number of hydrogen-bond donors (Lipinski definition) is 2. The van der Waals surface area contributed by atoms with Crippen molar-refractivity contribution >= 4 is 33.4 Å². The van der Waals surface area contributed by atoms with Crippen LogP contribution in [0.15, 0.2) is 58.8 Å². The second-order valence-electron chi connectivity index (χ2n) is 5.51. The molecule has 0 radical (unpaired) electrons. The van der Waals surface area contributed by atoms with Gasteiger partial charge in [0.25, 0.3) is 10.0 Å². The van der Waals surface area contributed by atoms with Gasteiger partial charge in [-0.15, -0.1) is 10.2 Å². The predicted molar refractivity (Wildman–Crippen MR) is 104 cm³/mol. The number of methoxy groups -OCH3 is 1. The number of aromatic nitrogens is 3. The third-order valence-electron chi connectivity index (χ3n) is 3.78. The van der Waals surface area contributed by atoms with E-state index in [1.54, 1.807) is 28.8 Å². The number of sulfonamides is 1. The molecule has 0 amide bonds. The lowest BCUT2D eigenvalue weighted by Crippen LogP contribution is -2.15. The summed E-state index contributed by atoms with van der Waals surface area (Å²) >= 11 is 1.40. The van der Waals surface area contributed by atoms with E-state index in [4.69, 9.17) is 9.84 Å². The van der Waals surface area contributed by atoms with Crippen LogP contribution in [0, 0.1) is 0 Å². The minimum atomic E-state index is -4.10. The largest absolute Gasteiger partial charge is 0.495 e. The number of anilines is 1. The topological polar surface area (TPSA) is 123 Å². The highest BCUT2D eigenvalue weighted by molar-refractivity contribution is 7.98. The highest BCUT2D eigenvalue weighted by Crippen LogP contribution is 2.28. The Morgan fingerprint density at radius 3 is 2.71 bits per heavy atom. The molecule has 1 heterocycles. The molecule has 0 aliphatic heterocycles. The van der Waals surface area contributed by atoms with Crippen LogP contribution < -0.4 is 9.46 Å². The molecule has 0 aliphatic carbocycles. The van der Waals surface area contributed by atoms with E-state index in [0.717, 1.165) is 6.07 Å². The predicted octanol–water partition coefficient (Wildman–Crippen LogP) is 2.50. The fraction of sp³-hybridized carbons (Fsp3) is 0.118. The van der Waals surface area contributed by atoms with Crippen molar-refractivity contribution in [1.82, 2.24) is 14.8 Å². The quantitative estimate of drug-likeness (QED) is 0.559. The molecule has 11 heteroatoms. The van der Waals surface area contributed by atoms with Crippen molar-refractivity contribution in [2.75, 3.05) is 18.1 Å². The summed E-state index contributed by atoms with van der Waals surface area (Å²) < 4.78 is 35.0. The lowest BCUT2D eigenvalue weighted by Gasteiger charge is -2.13. The summed E-state index contributed by atoms with van der Waals surface area (Å²) in [7, 11) is -2.79. The molecule has 0 fully saturated rings. The molecule has 3 rings (SSSR count). The van der Waals surface area contributed by atoms with Crippen molar-refractivity contribution in [2.24, 2.45) is 0 Å². The number of benzene rings is 2. The zero-order chi connectivity index (χ0) is 20.3. The van der Waals surface area contributed by atoms with E-state index >= 15 is 0 Å². The summed E-state index contributed by atoms with van der Waals surface area (Å²) in [6.07, 6.45) is 3.38. The van der Waals surface area contributed by atoms with Crippen molar-refractivity contribution in [1.29, 1.82) is 0 Å². The fourth-order valence-electron chi connectivity index (χ4n) is 2.49. The van der Waals surface area contributed by atoms with Gasteiger partial charge in [0.1, 0.15) is 17.0 Å². The summed E-state index contributed by atoms with van der Waals surface area (Å²) in [5, 5.41) is 17.6. The van der Waals surface area contributed by atoms with Crippen LogP contribution in [0.4, 0.5) is 5.69 Å². The van der Waals surface area contributed by atoms with Gasteiger partial charge in [0.05, 0.1) is 24.0 Å². The highest BCUT2D eigenvalue weighted by Gasteiger charge is 2.22. The maximum Gasteiger partial charge on any atom is 0.335 e. The highest BCUT2D eigenvalue weighted by atomic mass is 32.2. The van der Waals surface area contributed by atoms with Gasteiger partial charge in [0.15, 0.2) is 5.16 Å². The second kappa shape index (κ2) is 7.90. The first-order valence-corrected chi connectivity index (χ1v) is 10.5. The van der Waals surface area contributed by atoms with Crippen LogP contribution in [0.25, 0.3) is 5.69 Å². The van der Waals surface area contributed by atoms with Crippen LogP contribution in [-0.2, 0) is 10.0 Å². The van der Waals surface area contributed by atoms with Crippen molar-refractivity contribution in [3.8, 4) is 11.4 Å². The van der Waals surface area contributed by atoms with E-state index in [2.05, 4.69) is 14.9 Å². The second-order valence-corrected chi connectivity index (χ2v) is 7.94. The van der Waals surface area contributed by atoms with E-state index < -0.39 is 16.0 Å². The summed E-state index contributed by atoms with van der Waals surface area (Å²) in [6.45, 7) is 0. The maximum atomic E-state index is 12.9. The van der Waals surface area contributed by atoms with E-state index in [1.165, 1.54) is 37.3 Å². The normalized spacial score (nSPS) is 11.2. The number of rotatable bonds is 7. The number of carbonyl (C=O) groups is 1. The van der Waals surface area contributed by atoms with Gasteiger partial charge in [-0.2, -0.15) is 0 Å². The lowest BCUT2D eigenvalue weighted by atomic mass is 10.2. The van der Waals surface area contributed by atoms with E-state index in [-0.39, 0.29) is 16.2 Å². The van der Waals surface area contributed by atoms with E-state index in [0.29, 0.717) is 16.5 Å². The van der Waals surface area contributed by atoms with Crippen LogP contribution >= 0.6 is 11.8 Å². The van der Waals surface area contributed by atoms with Crippen molar-refractivity contribution in [3.63, 3.8) is 0 Å². The minimum Gasteiger partial charge on any atom is -0.495 e. The summed E-state index contributed by atoms with van der Waals surface area (Å²) in [5.41, 5.74) is 0.797. The number of thioether (sulfide) groups is 1. The SMILES string of the molecule is COc1ccc(C(=O)O)cc1S(=O)(=O)Nc1cccc(-n2cnnc2SC)c1. The molecule has 2 N–H and O–H groups in total. The number of nitrogens with one attached hydrogen (secondary N) is 1. The zero-order valence-electron chi connectivity index (χ0n) is 14.9. The van der Waals surface area contributed by atoms with Gasteiger partial charge in [0.2, 0.25) is 0 Å². The molecule has 0 atom stereocenters. The van der Waals surface area contributed by atoms with Crippen LogP contribution in [0.2, 0.25) is 0 Å². The van der Waals surface area contributed by atoms with Gasteiger partial charge >= 0.3 is 5.97 Å². The Bertz CT molecular complexity index is 1130. The molecule has 28 heavy (non-hydrogen) atoms. The Balaban J connectivity index is 1.99. The first-order chi connectivity index (χ1) is 13.4. The minimum absolute atomic E-state index is 0.0390. The van der Waals surface area contributed by atoms with Crippen LogP contribution in [0.5, 0.6) is 5.75 Å². The summed E-state index contributed by atoms with van der Waals surface area (Å²) in [5.74, 6) is -1.20. The first kappa shape index (κ1) is 19.7. The molecule has 0 bridgehead atoms. The molecule has 0 saturated carbocycles. The Kier molecular flexibility index (Phi) is 5.56. The lowest BCUT2D eigenvalue weighted by molar-refractivity contribution is 0.0696. The molecule has 0 unspecified atom stereocenters. The van der Waals surface area contributed by atoms with Crippen LogP contribution in [0.1, 0.15) is 10.4 Å². The third kappa shape index (κ3) is 3.94. The molecule has 9 nitrogen and oxygen atoms in total. The first-order valence-electron chi connectivity index (χ1n) is 7.84. The fourth-order valence-corrected chi connectivity index (χ4v) is 4.21. The number of nitrogens with zero attached hydrogens (tertiary/aromatic N) is 3. The van der Waals surface area contributed by atoms with Crippen LogP contribution in [0.3, 0.4) is 0 Å². The van der Waals surface area contributed by atoms with Crippen molar-refractivity contribution in [3.05, 3.63) is 54.4 Å². The number of ether oxygens (including phenoxy) is 1. The average molecular weight is 420 g/mol. The number of carboxylic acid groups (broad SMARTS) is 1. The molecule has 0 aliphatic rings. The molecular weight excluding hydrogens is 404 g/mol. The molecule has 2 aromatic carbocycles. The van der Waals surface area contributed by atoms with Gasteiger partial charge in [0, 0.05) is 0 Å². The van der Waals surface area contributed by atoms with Gasteiger partial charge in [-0.05, 0) is 42.7 Å². The molecule has 1 aromatic heterocycles. The smallest absolute Gasteiger partial charge is 0.335 e. The monoisotopic (exact) mass is 420 g/mol. The molecule has 3 aromatic rings. The van der Waals surface area contributed by atoms with Gasteiger partial charge in [-0.3, -0.25) is 9.29 Å². The molecular formula is C17H16N4O5S2. The van der Waals surface area contributed by atoms with E-state index in [1.807, 2.05) is 6.26 Å². The Labute approximate surface area is 165 Å². The van der Waals surface area contributed by atoms with Crippen LogP contribution in [-0.4, -0.2) is 47.6 Å². The van der Waals surface area contributed by atoms with Gasteiger partial charge in [-0.1, -0.05) is 17.8 Å². The average Bonchev–Trinajstić information content (AvgIpc) is 3.16. The van der Waals surface area contributed by atoms with Crippen molar-refractivity contribution in [2.45, 2.75) is 10.1 Å². The standard InChI is InChI=1S/C17H16N4O5S2/c1-26-14-7-6-11(16(22)23)8-15(14)28(24,25)20-12-4-3-5-13(9-12)21-10-18-19-17(21)27-2/h3-10,20H,1-2H3,(H,22,23). The van der Waals surface area contributed by atoms with Gasteiger partial charge in [-0.25, -0.2) is 13.2 Å². The number of aromatic carboxylic acids is 1. The Morgan fingerprint density at radius 1 is 1.25 bits per heavy atom. The Hall–Kier alpha value is -3.05. The summed E-state index contributed by atoms with van der Waals surface area (Å²) in [4.78, 5) is 10.9. The molecule has 146 valence electrons. The maximum absolute atomic E-state index is 12.9. The van der Waals surface area contributed by atoms with Gasteiger partial charge < -0.3 is 9.84 Å². The third-order valence-corrected chi connectivity index (χ3v) is 5.82.